The molecule has 0 aliphatic heterocycles. The Morgan fingerprint density at radius 1 is 1.00 bits per heavy atom. The van der Waals surface area contributed by atoms with Gasteiger partial charge in [0.1, 0.15) is 5.69 Å². The summed E-state index contributed by atoms with van der Waals surface area (Å²) in [5, 5.41) is 0. The van der Waals surface area contributed by atoms with E-state index < -0.39 is 9.73 Å². The van der Waals surface area contributed by atoms with Crippen LogP contribution in [0.3, 0.4) is 0 Å². The molecule has 0 radical (unpaired) electrons. The van der Waals surface area contributed by atoms with Gasteiger partial charge in [0, 0.05) is 18.1 Å². The molecule has 0 spiro atoms. The van der Waals surface area contributed by atoms with Crippen molar-refractivity contribution in [2.75, 3.05) is 12.5 Å². The van der Waals surface area contributed by atoms with Crippen LogP contribution in [0.15, 0.2) is 63.9 Å². The van der Waals surface area contributed by atoms with E-state index in [9.17, 15) is 9.00 Å². The maximum Gasteiger partial charge on any atom is 0.298 e. The highest BCUT2D eigenvalue weighted by molar-refractivity contribution is 7.92. The van der Waals surface area contributed by atoms with E-state index in [2.05, 4.69) is 9.46 Å². The topological polar surface area (TPSA) is 64.3 Å². The van der Waals surface area contributed by atoms with Gasteiger partial charge in [-0.1, -0.05) is 42.5 Å². The molecule has 0 aliphatic rings. The molecule has 0 atom stereocenters. The van der Waals surface area contributed by atoms with Crippen LogP contribution >= 0.6 is 0 Å². The second kappa shape index (κ2) is 5.38. The molecule has 5 nitrogen and oxygen atoms in total. The Labute approximate surface area is 128 Å². The van der Waals surface area contributed by atoms with Crippen LogP contribution in [0.5, 0.6) is 0 Å². The van der Waals surface area contributed by atoms with Gasteiger partial charge < -0.3 is 0 Å². The predicted octanol–water partition coefficient (Wildman–Crippen LogP) is 2.55. The van der Waals surface area contributed by atoms with Crippen molar-refractivity contribution < 1.29 is 4.21 Å². The zero-order valence-electron chi connectivity index (χ0n) is 12.3. The maximum absolute atomic E-state index is 12.7. The highest BCUT2D eigenvalue weighted by Gasteiger charge is 2.12. The van der Waals surface area contributed by atoms with E-state index in [4.69, 9.17) is 0 Å². The number of rotatable bonds is 2. The van der Waals surface area contributed by atoms with Gasteiger partial charge in [-0.3, -0.25) is 4.79 Å². The van der Waals surface area contributed by atoms with Crippen molar-refractivity contribution in [3.63, 3.8) is 0 Å². The van der Waals surface area contributed by atoms with E-state index in [1.165, 1.54) is 17.2 Å². The molecule has 0 unspecified atom stereocenters. The lowest BCUT2D eigenvalue weighted by Gasteiger charge is -2.08. The van der Waals surface area contributed by atoms with Crippen LogP contribution in [0, 0.1) is 0 Å². The number of aromatic nitrogens is 2. The Morgan fingerprint density at radius 3 is 2.32 bits per heavy atom. The molecule has 0 amide bonds. The number of hydrogen-bond donors (Lipinski definition) is 0. The first-order chi connectivity index (χ1) is 10.5. The number of nitrogens with zero attached hydrogens (tertiary/aromatic N) is 3. The lowest BCUT2D eigenvalue weighted by atomic mass is 10.1. The molecule has 0 saturated heterocycles. The highest BCUT2D eigenvalue weighted by Crippen LogP contribution is 2.17. The lowest BCUT2D eigenvalue weighted by molar-refractivity contribution is 0.678. The van der Waals surface area contributed by atoms with Crippen molar-refractivity contribution in [1.82, 2.24) is 9.66 Å². The summed E-state index contributed by atoms with van der Waals surface area (Å²) in [6.45, 7) is 0. The molecule has 6 heteroatoms. The van der Waals surface area contributed by atoms with Gasteiger partial charge >= 0.3 is 0 Å². The molecule has 0 bridgehead atoms. The molecule has 2 aromatic carbocycles. The van der Waals surface area contributed by atoms with Gasteiger partial charge in [0.2, 0.25) is 0 Å². The zero-order valence-corrected chi connectivity index (χ0v) is 13.1. The van der Waals surface area contributed by atoms with E-state index in [0.29, 0.717) is 22.3 Å². The molecule has 3 rings (SSSR count). The Morgan fingerprint density at radius 2 is 1.64 bits per heavy atom. The third kappa shape index (κ3) is 2.78. The van der Waals surface area contributed by atoms with Crippen molar-refractivity contribution in [2.45, 2.75) is 0 Å². The monoisotopic (exact) mass is 313 g/mol. The average molecular weight is 313 g/mol. The molecule has 0 fully saturated rings. The molecule has 1 heterocycles. The van der Waals surface area contributed by atoms with Crippen LogP contribution in [0.4, 0.5) is 0 Å². The van der Waals surface area contributed by atoms with E-state index in [1.807, 2.05) is 36.4 Å². The summed E-state index contributed by atoms with van der Waals surface area (Å²) in [5.41, 5.74) is 1.81. The van der Waals surface area contributed by atoms with Gasteiger partial charge in [-0.2, -0.15) is 4.68 Å². The molecule has 1 aromatic heterocycles. The van der Waals surface area contributed by atoms with Crippen LogP contribution in [-0.2, 0) is 9.73 Å². The summed E-state index contributed by atoms with van der Waals surface area (Å²) in [4.78, 5) is 17.2. The van der Waals surface area contributed by atoms with Crippen LogP contribution in [0.25, 0.3) is 22.3 Å². The third-order valence-corrected chi connectivity index (χ3v) is 3.62. The summed E-state index contributed by atoms with van der Waals surface area (Å²) >= 11 is 0. The summed E-state index contributed by atoms with van der Waals surface area (Å²) < 4.78 is 17.4. The van der Waals surface area contributed by atoms with E-state index in [-0.39, 0.29) is 5.56 Å². The van der Waals surface area contributed by atoms with Crippen molar-refractivity contribution in [3.8, 4) is 11.3 Å². The second-order valence-electron chi connectivity index (χ2n) is 5.20. The highest BCUT2D eigenvalue weighted by atomic mass is 32.2. The molecule has 112 valence electrons. The van der Waals surface area contributed by atoms with Crippen molar-refractivity contribution >= 4 is 20.8 Å². The number of benzene rings is 2. The normalized spacial score (nSPS) is 11.5. The Bertz CT molecular complexity index is 1010. The first kappa shape index (κ1) is 14.5. The fourth-order valence-corrected chi connectivity index (χ4v) is 2.73. The second-order valence-corrected chi connectivity index (χ2v) is 7.72. The first-order valence-electron chi connectivity index (χ1n) is 6.70. The average Bonchev–Trinajstić information content (AvgIpc) is 2.50. The molecular weight excluding hydrogens is 298 g/mol. The summed E-state index contributed by atoms with van der Waals surface area (Å²) in [6.07, 6.45) is 2.99. The smallest absolute Gasteiger partial charge is 0.265 e. The zero-order chi connectivity index (χ0) is 15.7. The fourth-order valence-electron chi connectivity index (χ4n) is 2.18. The number of para-hydroxylation sites is 2. The minimum Gasteiger partial charge on any atom is -0.265 e. The van der Waals surface area contributed by atoms with Crippen molar-refractivity contribution in [1.29, 1.82) is 0 Å². The summed E-state index contributed by atoms with van der Waals surface area (Å²) in [6, 6.07) is 16.4. The third-order valence-electron chi connectivity index (χ3n) is 3.06. The Kier molecular flexibility index (Phi) is 3.54. The Balaban J connectivity index is 2.45. The largest absolute Gasteiger partial charge is 0.298 e. The first-order valence-corrected chi connectivity index (χ1v) is 9.03. The van der Waals surface area contributed by atoms with Crippen molar-refractivity contribution in [2.24, 2.45) is 4.47 Å². The van der Waals surface area contributed by atoms with Crippen LogP contribution in [0.2, 0.25) is 0 Å². The van der Waals surface area contributed by atoms with E-state index in [0.717, 1.165) is 0 Å². The minimum atomic E-state index is -2.48. The van der Waals surface area contributed by atoms with Crippen LogP contribution in [0.1, 0.15) is 0 Å². The SMILES string of the molecule is CS(C)(=O)=Nn1c(=O)c(-c2ccccc2)nc2ccccc21. The molecule has 22 heavy (non-hydrogen) atoms. The molecule has 0 saturated carbocycles. The predicted molar refractivity (Wildman–Crippen MR) is 89.3 cm³/mol. The molecule has 0 aliphatic carbocycles. The van der Waals surface area contributed by atoms with E-state index >= 15 is 0 Å². The van der Waals surface area contributed by atoms with Crippen LogP contribution < -0.4 is 5.56 Å². The molecular formula is C16H15N3O2S. The van der Waals surface area contributed by atoms with Gasteiger partial charge in [-0.25, -0.2) is 9.19 Å². The number of fused-ring (bicyclic) bond motifs is 1. The lowest BCUT2D eigenvalue weighted by Crippen LogP contribution is -2.21. The quantitative estimate of drug-likeness (QED) is 0.730. The summed E-state index contributed by atoms with van der Waals surface area (Å²) in [5.74, 6) is 0. The summed E-state index contributed by atoms with van der Waals surface area (Å²) in [7, 11) is -2.48. The van der Waals surface area contributed by atoms with Crippen LogP contribution in [-0.4, -0.2) is 26.4 Å². The Hall–Kier alpha value is -2.47. The van der Waals surface area contributed by atoms with Crippen molar-refractivity contribution in [3.05, 3.63) is 65.0 Å². The standard InChI is InChI=1S/C16H15N3O2S/c1-22(2,21)18-19-14-11-7-6-10-13(14)17-15(16(19)20)12-8-4-3-5-9-12/h3-11H,1-2H3. The number of hydrogen-bond acceptors (Lipinski definition) is 4. The molecule has 3 aromatic rings. The van der Waals surface area contributed by atoms with Gasteiger partial charge in [0.05, 0.1) is 20.8 Å². The molecule has 0 N–H and O–H groups in total. The van der Waals surface area contributed by atoms with Gasteiger partial charge in [0.25, 0.3) is 5.56 Å². The van der Waals surface area contributed by atoms with Gasteiger partial charge in [-0.05, 0) is 12.1 Å². The van der Waals surface area contributed by atoms with Gasteiger partial charge in [0.15, 0.2) is 0 Å². The van der Waals surface area contributed by atoms with Gasteiger partial charge in [-0.15, -0.1) is 4.47 Å². The maximum atomic E-state index is 12.7. The van der Waals surface area contributed by atoms with E-state index in [1.54, 1.807) is 18.2 Å². The minimum absolute atomic E-state index is 0.298. The fraction of sp³-hybridized carbons (Fsp3) is 0.125.